The average Bonchev–Trinajstić information content (AvgIpc) is 3.07. The Labute approximate surface area is 176 Å². The number of aliphatic hydroxyl groups excluding tert-OH is 2. The van der Waals surface area contributed by atoms with Gasteiger partial charge in [-0.05, 0) is 67.1 Å². The molecule has 4 N–H and O–H groups in total. The summed E-state index contributed by atoms with van der Waals surface area (Å²) in [6.45, 7) is 0.737. The van der Waals surface area contributed by atoms with E-state index in [9.17, 15) is 28.2 Å². The molecule has 1 aliphatic rings. The van der Waals surface area contributed by atoms with Crippen LogP contribution in [0.15, 0.2) is 36.4 Å². The lowest BCUT2D eigenvalue weighted by atomic mass is 9.69. The molecule has 0 saturated heterocycles. The summed E-state index contributed by atoms with van der Waals surface area (Å²) in [6.07, 6.45) is 0.885. The van der Waals surface area contributed by atoms with Crippen molar-refractivity contribution in [3.63, 3.8) is 0 Å². The van der Waals surface area contributed by atoms with Gasteiger partial charge in [-0.1, -0.05) is 0 Å². The summed E-state index contributed by atoms with van der Waals surface area (Å²) in [4.78, 5) is 15.5. The third-order valence-corrected chi connectivity index (χ3v) is 6.04. The summed E-state index contributed by atoms with van der Waals surface area (Å²) in [5, 5.41) is 21.8. The zero-order valence-electron chi connectivity index (χ0n) is 16.9. The van der Waals surface area contributed by atoms with Gasteiger partial charge >= 0.3 is 0 Å². The van der Waals surface area contributed by atoms with Gasteiger partial charge in [0, 0.05) is 17.4 Å². The number of carbonyl (C=O) groups is 1. The molecular formula is C23H23F3N2O3. The van der Waals surface area contributed by atoms with Crippen molar-refractivity contribution in [3.05, 3.63) is 59.4 Å². The first kappa shape index (κ1) is 21.4. The summed E-state index contributed by atoms with van der Waals surface area (Å²) in [5.74, 6) is -2.62. The number of aromatic nitrogens is 1. The minimum atomic E-state index is -1.12. The summed E-state index contributed by atoms with van der Waals surface area (Å²) >= 11 is 0. The van der Waals surface area contributed by atoms with E-state index in [1.54, 1.807) is 19.1 Å². The second-order valence-corrected chi connectivity index (χ2v) is 8.46. The molecule has 0 atom stereocenters. The lowest BCUT2D eigenvalue weighted by molar-refractivity contribution is -0.131. The van der Waals surface area contributed by atoms with Crippen LogP contribution in [0.4, 0.5) is 13.2 Å². The van der Waals surface area contributed by atoms with E-state index in [4.69, 9.17) is 0 Å². The van der Waals surface area contributed by atoms with Crippen molar-refractivity contribution >= 4 is 16.8 Å². The Morgan fingerprint density at radius 2 is 1.74 bits per heavy atom. The van der Waals surface area contributed by atoms with Gasteiger partial charge in [0.05, 0.1) is 30.0 Å². The van der Waals surface area contributed by atoms with Gasteiger partial charge in [-0.2, -0.15) is 0 Å². The predicted molar refractivity (Wildman–Crippen MR) is 110 cm³/mol. The number of aliphatic hydroxyl groups is 2. The lowest BCUT2D eigenvalue weighted by Crippen LogP contribution is -2.54. The van der Waals surface area contributed by atoms with Crippen LogP contribution in [0.25, 0.3) is 22.2 Å². The first-order valence-electron chi connectivity index (χ1n) is 10.0. The van der Waals surface area contributed by atoms with Crippen molar-refractivity contribution in [3.8, 4) is 11.3 Å². The highest BCUT2D eigenvalue weighted by Gasteiger charge is 2.40. The Morgan fingerprint density at radius 3 is 2.35 bits per heavy atom. The monoisotopic (exact) mass is 432 g/mol. The summed E-state index contributed by atoms with van der Waals surface area (Å²) < 4.78 is 41.8. The number of hydrogen-bond acceptors (Lipinski definition) is 3. The first-order chi connectivity index (χ1) is 14.7. The third kappa shape index (κ3) is 3.93. The predicted octanol–water partition coefficient (Wildman–Crippen LogP) is 3.61. The van der Waals surface area contributed by atoms with E-state index in [2.05, 4.69) is 10.3 Å². The zero-order chi connectivity index (χ0) is 22.3. The van der Waals surface area contributed by atoms with Gasteiger partial charge in [-0.3, -0.25) is 4.79 Å². The third-order valence-electron chi connectivity index (χ3n) is 6.04. The van der Waals surface area contributed by atoms with Crippen LogP contribution >= 0.6 is 0 Å². The van der Waals surface area contributed by atoms with Gasteiger partial charge in [-0.25, -0.2) is 13.2 Å². The van der Waals surface area contributed by atoms with E-state index in [1.165, 1.54) is 18.2 Å². The fourth-order valence-electron chi connectivity index (χ4n) is 4.10. The number of benzene rings is 2. The molecule has 5 nitrogen and oxygen atoms in total. The molecule has 1 aliphatic carbocycles. The fraction of sp³-hybridized carbons (Fsp3) is 0.348. The Morgan fingerprint density at radius 1 is 1.10 bits per heavy atom. The molecule has 1 heterocycles. The minimum absolute atomic E-state index is 0.139. The van der Waals surface area contributed by atoms with E-state index in [0.717, 1.165) is 6.07 Å². The second kappa shape index (κ2) is 8.01. The Hall–Kier alpha value is -2.84. The van der Waals surface area contributed by atoms with Gasteiger partial charge in [0.25, 0.3) is 0 Å². The minimum Gasteiger partial charge on any atom is -0.394 e. The maximum absolute atomic E-state index is 14.4. The first-order valence-corrected chi connectivity index (χ1v) is 10.0. The molecule has 0 radical (unpaired) electrons. The van der Waals surface area contributed by atoms with E-state index < -0.39 is 36.2 Å². The average molecular weight is 432 g/mol. The van der Waals surface area contributed by atoms with E-state index in [1.807, 2.05) is 0 Å². The number of carbonyl (C=O) groups excluding carboxylic acids is 1. The van der Waals surface area contributed by atoms with Crippen LogP contribution in [-0.2, 0) is 4.79 Å². The number of aromatic amines is 1. The van der Waals surface area contributed by atoms with Crippen molar-refractivity contribution in [2.75, 3.05) is 13.2 Å². The molecule has 3 aromatic rings. The lowest BCUT2D eigenvalue weighted by Gasteiger charge is -2.37. The summed E-state index contributed by atoms with van der Waals surface area (Å²) in [7, 11) is 0. The number of rotatable bonds is 6. The number of fused-ring (bicyclic) bond motifs is 1. The number of H-pyrrole nitrogens is 1. The van der Waals surface area contributed by atoms with Crippen molar-refractivity contribution < 1.29 is 28.2 Å². The van der Waals surface area contributed by atoms with Crippen LogP contribution in [0.3, 0.4) is 0 Å². The highest BCUT2D eigenvalue weighted by molar-refractivity contribution is 5.92. The van der Waals surface area contributed by atoms with E-state index in [-0.39, 0.29) is 23.3 Å². The molecule has 1 aromatic heterocycles. The summed E-state index contributed by atoms with van der Waals surface area (Å²) in [5.41, 5.74) is 0.939. The molecule has 8 heteroatoms. The number of nitrogens with one attached hydrogen (secondary N) is 2. The van der Waals surface area contributed by atoms with Crippen molar-refractivity contribution in [1.82, 2.24) is 10.3 Å². The van der Waals surface area contributed by atoms with Crippen molar-refractivity contribution in [1.29, 1.82) is 0 Å². The van der Waals surface area contributed by atoms with E-state index >= 15 is 0 Å². The quantitative estimate of drug-likeness (QED) is 0.480. The van der Waals surface area contributed by atoms with Crippen LogP contribution in [0.1, 0.15) is 31.2 Å². The van der Waals surface area contributed by atoms with Gasteiger partial charge in [0.15, 0.2) is 0 Å². The standard InChI is InChI=1S/C23H23F3N2O3/c1-23(10-29,11-30)28-22(31)14-6-13(7-14)19-17-8-16(25)9-18(26)21(17)27-20(19)12-2-4-15(24)5-3-12/h2-5,8-9,13-14,27,29-30H,6-7,10-11H2,1H3,(H,28,31). The maximum atomic E-state index is 14.4. The molecule has 1 fully saturated rings. The molecular weight excluding hydrogens is 409 g/mol. The molecule has 1 amide bonds. The molecule has 0 bridgehead atoms. The zero-order valence-corrected chi connectivity index (χ0v) is 16.9. The highest BCUT2D eigenvalue weighted by Crippen LogP contribution is 2.48. The Balaban J connectivity index is 1.67. The molecule has 0 unspecified atom stereocenters. The number of halogens is 3. The molecule has 31 heavy (non-hydrogen) atoms. The van der Waals surface area contributed by atoms with Crippen LogP contribution in [-0.4, -0.2) is 39.9 Å². The smallest absolute Gasteiger partial charge is 0.223 e. The van der Waals surface area contributed by atoms with Crippen LogP contribution in [0.5, 0.6) is 0 Å². The molecule has 0 spiro atoms. The van der Waals surface area contributed by atoms with Gasteiger partial charge < -0.3 is 20.5 Å². The van der Waals surface area contributed by atoms with Crippen LogP contribution in [0.2, 0.25) is 0 Å². The number of amides is 1. The number of hydrogen-bond donors (Lipinski definition) is 4. The van der Waals surface area contributed by atoms with E-state index in [0.29, 0.717) is 35.0 Å². The van der Waals surface area contributed by atoms with Gasteiger partial charge in [0.1, 0.15) is 17.5 Å². The Bertz CT molecular complexity index is 1120. The van der Waals surface area contributed by atoms with Crippen molar-refractivity contribution in [2.45, 2.75) is 31.2 Å². The second-order valence-electron chi connectivity index (χ2n) is 8.46. The molecule has 1 saturated carbocycles. The molecule has 2 aromatic carbocycles. The molecule has 4 rings (SSSR count). The van der Waals surface area contributed by atoms with Gasteiger partial charge in [-0.15, -0.1) is 0 Å². The van der Waals surface area contributed by atoms with Crippen LogP contribution < -0.4 is 5.32 Å². The normalized spacial score (nSPS) is 18.8. The van der Waals surface area contributed by atoms with Crippen molar-refractivity contribution in [2.24, 2.45) is 5.92 Å². The molecule has 164 valence electrons. The van der Waals surface area contributed by atoms with Gasteiger partial charge in [0.2, 0.25) is 5.91 Å². The summed E-state index contributed by atoms with van der Waals surface area (Å²) in [6, 6.07) is 7.79. The Kier molecular flexibility index (Phi) is 5.53. The SMILES string of the molecule is CC(CO)(CO)NC(=O)C1CC(c2c(-c3ccc(F)cc3)[nH]c3c(F)cc(F)cc23)C1. The fourth-order valence-corrected chi connectivity index (χ4v) is 4.10. The highest BCUT2D eigenvalue weighted by atomic mass is 19.1. The topological polar surface area (TPSA) is 85.3 Å². The largest absolute Gasteiger partial charge is 0.394 e. The molecule has 0 aliphatic heterocycles. The van der Waals surface area contributed by atoms with Crippen LogP contribution in [0, 0.1) is 23.4 Å². The maximum Gasteiger partial charge on any atom is 0.223 e.